The fourth-order valence-electron chi connectivity index (χ4n) is 5.99. The molecule has 2 saturated heterocycles. The number of benzene rings is 1. The predicted molar refractivity (Wildman–Crippen MR) is 132 cm³/mol. The molecule has 1 aromatic carbocycles. The second-order valence-electron chi connectivity index (χ2n) is 10.3. The molecule has 3 aliphatic heterocycles. The van der Waals surface area contributed by atoms with Crippen molar-refractivity contribution in [1.82, 2.24) is 14.1 Å². The number of anilines is 1. The zero-order chi connectivity index (χ0) is 24.6. The summed E-state index contributed by atoms with van der Waals surface area (Å²) in [6.07, 6.45) is 7.63. The molecule has 192 valence electrons. The van der Waals surface area contributed by atoms with E-state index in [1.54, 1.807) is 13.0 Å². The topological polar surface area (TPSA) is 99.3 Å². The number of ether oxygens (including phenoxy) is 1. The molecule has 3 fully saturated rings. The summed E-state index contributed by atoms with van der Waals surface area (Å²) in [4.78, 5) is 29.5. The van der Waals surface area contributed by atoms with Crippen LogP contribution in [0.2, 0.25) is 0 Å². The number of amides is 2. The third kappa shape index (κ3) is 5.06. The molecule has 35 heavy (non-hydrogen) atoms. The summed E-state index contributed by atoms with van der Waals surface area (Å²) < 4.78 is 33.7. The van der Waals surface area contributed by atoms with Crippen LogP contribution in [-0.2, 0) is 19.6 Å². The maximum Gasteiger partial charge on any atom is 0.262 e. The smallest absolute Gasteiger partial charge is 0.262 e. The third-order valence-corrected chi connectivity index (χ3v) is 10.1. The van der Waals surface area contributed by atoms with Gasteiger partial charge in [0.15, 0.2) is 6.61 Å². The van der Waals surface area contributed by atoms with Crippen molar-refractivity contribution < 1.29 is 22.7 Å². The van der Waals surface area contributed by atoms with Gasteiger partial charge in [0.2, 0.25) is 15.9 Å². The quantitative estimate of drug-likeness (QED) is 0.675. The van der Waals surface area contributed by atoms with Crippen LogP contribution in [0.5, 0.6) is 5.75 Å². The molecule has 1 aliphatic carbocycles. The van der Waals surface area contributed by atoms with E-state index in [1.165, 1.54) is 42.5 Å². The molecule has 0 radical (unpaired) electrons. The number of carbonyl (C=O) groups excluding carboxylic acids is 2. The Morgan fingerprint density at radius 2 is 1.66 bits per heavy atom. The summed E-state index contributed by atoms with van der Waals surface area (Å²) in [6, 6.07) is 3.83. The van der Waals surface area contributed by atoms with E-state index >= 15 is 0 Å². The van der Waals surface area contributed by atoms with Crippen molar-refractivity contribution in [1.29, 1.82) is 0 Å². The summed E-state index contributed by atoms with van der Waals surface area (Å²) in [5.74, 6) is 0.172. The van der Waals surface area contributed by atoms with Gasteiger partial charge in [-0.25, -0.2) is 8.42 Å². The van der Waals surface area contributed by atoms with Gasteiger partial charge in [0, 0.05) is 57.3 Å². The van der Waals surface area contributed by atoms with Crippen molar-refractivity contribution in [2.24, 2.45) is 5.92 Å². The fraction of sp³-hybridized carbons (Fsp3) is 0.680. The highest BCUT2D eigenvalue weighted by atomic mass is 32.2. The summed E-state index contributed by atoms with van der Waals surface area (Å²) in [6.45, 7) is 5.70. The van der Waals surface area contributed by atoms with Gasteiger partial charge in [-0.05, 0) is 44.2 Å². The number of fused-ring (bicyclic) bond motifs is 1. The molecule has 0 atom stereocenters. The van der Waals surface area contributed by atoms with E-state index in [0.717, 1.165) is 26.2 Å². The van der Waals surface area contributed by atoms with Crippen LogP contribution in [0.4, 0.5) is 5.69 Å². The van der Waals surface area contributed by atoms with E-state index in [4.69, 9.17) is 4.74 Å². The zero-order valence-electron chi connectivity index (χ0n) is 20.5. The SMILES string of the molecule is Cc1cc2c(cc1S(=O)(=O)N1CCC(C(=O)N3CCN(C4CCCCC4)CC3)CC1)OCC(=O)N2. The lowest BCUT2D eigenvalue weighted by Gasteiger charge is -2.42. The van der Waals surface area contributed by atoms with Crippen LogP contribution >= 0.6 is 0 Å². The van der Waals surface area contributed by atoms with Gasteiger partial charge in [-0.1, -0.05) is 19.3 Å². The third-order valence-electron chi connectivity index (χ3n) is 8.05. The summed E-state index contributed by atoms with van der Waals surface area (Å²) in [7, 11) is -3.72. The molecule has 0 bridgehead atoms. The molecule has 0 unspecified atom stereocenters. The Bertz CT molecular complexity index is 1070. The molecule has 1 aromatic rings. The Labute approximate surface area is 207 Å². The highest BCUT2D eigenvalue weighted by Crippen LogP contribution is 2.35. The van der Waals surface area contributed by atoms with Crippen molar-refractivity contribution in [2.75, 3.05) is 51.2 Å². The largest absolute Gasteiger partial charge is 0.482 e. The average molecular weight is 505 g/mol. The van der Waals surface area contributed by atoms with E-state index < -0.39 is 10.0 Å². The number of nitrogens with zero attached hydrogens (tertiary/aromatic N) is 3. The number of hydrogen-bond donors (Lipinski definition) is 1. The van der Waals surface area contributed by atoms with E-state index in [1.807, 2.05) is 4.90 Å². The molecule has 4 aliphatic rings. The van der Waals surface area contributed by atoms with E-state index in [0.29, 0.717) is 49.0 Å². The number of sulfonamides is 1. The molecule has 0 spiro atoms. The second kappa shape index (κ2) is 10.1. The first kappa shape index (κ1) is 24.5. The Balaban J connectivity index is 1.17. The Morgan fingerprint density at radius 1 is 0.971 bits per heavy atom. The first-order valence-corrected chi connectivity index (χ1v) is 14.4. The number of rotatable bonds is 4. The van der Waals surface area contributed by atoms with E-state index in [9.17, 15) is 18.0 Å². The van der Waals surface area contributed by atoms with Gasteiger partial charge >= 0.3 is 0 Å². The number of carbonyl (C=O) groups is 2. The standard InChI is InChI=1S/C25H36N4O5S/c1-18-15-21-22(34-17-24(30)26-21)16-23(18)35(32,33)29-9-7-19(8-10-29)25(31)28-13-11-27(12-14-28)20-5-3-2-4-6-20/h15-16,19-20H,2-14,17H2,1H3,(H,26,30). The lowest BCUT2D eigenvalue weighted by Crippen LogP contribution is -2.54. The molecule has 1 N–H and O–H groups in total. The predicted octanol–water partition coefficient (Wildman–Crippen LogP) is 2.20. The number of hydrogen-bond acceptors (Lipinski definition) is 6. The van der Waals surface area contributed by atoms with Gasteiger partial charge in [-0.15, -0.1) is 0 Å². The molecule has 5 rings (SSSR count). The molecule has 1 saturated carbocycles. The second-order valence-corrected chi connectivity index (χ2v) is 12.2. The van der Waals surface area contributed by atoms with Gasteiger partial charge in [0.05, 0.1) is 10.6 Å². The average Bonchev–Trinajstić information content (AvgIpc) is 2.88. The lowest BCUT2D eigenvalue weighted by molar-refractivity contribution is -0.139. The first-order chi connectivity index (χ1) is 16.8. The Morgan fingerprint density at radius 3 is 2.34 bits per heavy atom. The lowest BCUT2D eigenvalue weighted by atomic mass is 9.93. The minimum atomic E-state index is -3.72. The van der Waals surface area contributed by atoms with Crippen molar-refractivity contribution in [3.63, 3.8) is 0 Å². The van der Waals surface area contributed by atoms with Crippen LogP contribution in [-0.4, -0.2) is 86.3 Å². The minimum Gasteiger partial charge on any atom is -0.482 e. The van der Waals surface area contributed by atoms with Crippen molar-refractivity contribution >= 4 is 27.5 Å². The molecule has 10 heteroatoms. The van der Waals surface area contributed by atoms with E-state index in [-0.39, 0.29) is 29.2 Å². The van der Waals surface area contributed by atoms with Crippen LogP contribution in [0.15, 0.2) is 17.0 Å². The van der Waals surface area contributed by atoms with Gasteiger partial charge < -0.3 is 15.0 Å². The highest BCUT2D eigenvalue weighted by molar-refractivity contribution is 7.89. The molecule has 3 heterocycles. The van der Waals surface area contributed by atoms with Gasteiger partial charge in [-0.3, -0.25) is 14.5 Å². The van der Waals surface area contributed by atoms with Gasteiger partial charge in [0.25, 0.3) is 5.91 Å². The summed E-state index contributed by atoms with van der Waals surface area (Å²) >= 11 is 0. The number of aryl methyl sites for hydroxylation is 1. The maximum atomic E-state index is 13.4. The molecular formula is C25H36N4O5S. The number of piperazine rings is 1. The van der Waals surface area contributed by atoms with Crippen LogP contribution in [0.1, 0.15) is 50.5 Å². The van der Waals surface area contributed by atoms with Crippen LogP contribution in [0, 0.1) is 12.8 Å². The van der Waals surface area contributed by atoms with E-state index in [2.05, 4.69) is 10.2 Å². The first-order valence-electron chi connectivity index (χ1n) is 12.9. The van der Waals surface area contributed by atoms with Crippen molar-refractivity contribution in [2.45, 2.75) is 62.8 Å². The minimum absolute atomic E-state index is 0.120. The number of nitrogens with one attached hydrogen (secondary N) is 1. The maximum absolute atomic E-state index is 13.4. The summed E-state index contributed by atoms with van der Waals surface area (Å²) in [5, 5.41) is 2.71. The zero-order valence-corrected chi connectivity index (χ0v) is 21.3. The van der Waals surface area contributed by atoms with Crippen LogP contribution < -0.4 is 10.1 Å². The summed E-state index contributed by atoms with van der Waals surface area (Å²) in [5.41, 5.74) is 1.05. The Kier molecular flexibility index (Phi) is 7.05. The molecular weight excluding hydrogens is 468 g/mol. The fourth-order valence-corrected chi connectivity index (χ4v) is 7.68. The normalized spacial score (nSPS) is 23.5. The monoisotopic (exact) mass is 504 g/mol. The number of piperidine rings is 1. The Hall–Kier alpha value is -2.17. The highest BCUT2D eigenvalue weighted by Gasteiger charge is 2.36. The van der Waals surface area contributed by atoms with Crippen LogP contribution in [0.25, 0.3) is 0 Å². The molecule has 0 aromatic heterocycles. The van der Waals surface area contributed by atoms with Crippen molar-refractivity contribution in [3.05, 3.63) is 17.7 Å². The molecule has 2 amide bonds. The molecule has 9 nitrogen and oxygen atoms in total. The van der Waals surface area contributed by atoms with Crippen molar-refractivity contribution in [3.8, 4) is 5.75 Å². The van der Waals surface area contributed by atoms with Crippen LogP contribution in [0.3, 0.4) is 0 Å². The van der Waals surface area contributed by atoms with Gasteiger partial charge in [0.1, 0.15) is 5.75 Å². The van der Waals surface area contributed by atoms with Gasteiger partial charge in [-0.2, -0.15) is 4.31 Å².